The van der Waals surface area contributed by atoms with Crippen LogP contribution in [0.2, 0.25) is 5.15 Å². The van der Waals surface area contributed by atoms with Crippen molar-refractivity contribution in [3.05, 3.63) is 10.0 Å². The molecule has 0 saturated carbocycles. The smallest absolute Gasteiger partial charge is 0.351 e. The van der Waals surface area contributed by atoms with Crippen LogP contribution < -0.4 is 4.90 Å². The van der Waals surface area contributed by atoms with Gasteiger partial charge in [0.05, 0.1) is 13.7 Å². The van der Waals surface area contributed by atoms with E-state index in [1.165, 1.54) is 24.9 Å². The molecule has 2 saturated heterocycles. The Balaban J connectivity index is 1.55. The summed E-state index contributed by atoms with van der Waals surface area (Å²) in [5.74, 6) is 0.250. The molecule has 3 rings (SSSR count). The number of nitrogens with zero attached hydrogens (tertiary/aromatic N) is 3. The minimum Gasteiger partial charge on any atom is -0.465 e. The third kappa shape index (κ3) is 3.53. The third-order valence-electron chi connectivity index (χ3n) is 4.13. The molecule has 6 nitrogen and oxygen atoms in total. The third-order valence-corrected chi connectivity index (χ3v) is 5.61. The molecule has 2 fully saturated rings. The number of esters is 1. The second kappa shape index (κ2) is 7.12. The van der Waals surface area contributed by atoms with Crippen molar-refractivity contribution >= 4 is 34.0 Å². The van der Waals surface area contributed by atoms with Gasteiger partial charge in [0.25, 0.3) is 0 Å². The predicted molar refractivity (Wildman–Crippen MR) is 86.0 cm³/mol. The highest BCUT2D eigenvalue weighted by Gasteiger charge is 2.26. The van der Waals surface area contributed by atoms with Crippen molar-refractivity contribution in [2.45, 2.75) is 6.42 Å². The molecule has 1 atom stereocenters. The van der Waals surface area contributed by atoms with E-state index in [0.29, 0.717) is 10.8 Å². The molecule has 1 aromatic heterocycles. The Labute approximate surface area is 139 Å². The molecule has 0 spiro atoms. The van der Waals surface area contributed by atoms with Crippen LogP contribution in [0, 0.1) is 5.92 Å². The zero-order chi connectivity index (χ0) is 15.5. The molecular formula is C14H20ClN3O3S. The Morgan fingerprint density at radius 2 is 2.23 bits per heavy atom. The molecule has 0 aliphatic carbocycles. The molecule has 0 amide bonds. The molecule has 2 aliphatic rings. The van der Waals surface area contributed by atoms with Crippen molar-refractivity contribution in [2.24, 2.45) is 5.92 Å². The van der Waals surface area contributed by atoms with Gasteiger partial charge in [-0.05, 0) is 12.3 Å². The van der Waals surface area contributed by atoms with Gasteiger partial charge in [-0.15, -0.1) is 0 Å². The van der Waals surface area contributed by atoms with Crippen LogP contribution in [0.4, 0.5) is 5.13 Å². The SMILES string of the molecule is COC(=O)c1sc(N2CCN(CC3CCOC3)CC2)nc1Cl. The molecule has 2 aliphatic heterocycles. The van der Waals surface area contributed by atoms with Crippen LogP contribution in [0.25, 0.3) is 0 Å². The average molecular weight is 346 g/mol. The topological polar surface area (TPSA) is 54.9 Å². The molecular weight excluding hydrogens is 326 g/mol. The first kappa shape index (κ1) is 16.0. The molecule has 1 aromatic rings. The van der Waals surface area contributed by atoms with Gasteiger partial charge < -0.3 is 14.4 Å². The number of ether oxygens (including phenoxy) is 2. The van der Waals surface area contributed by atoms with Crippen LogP contribution in [-0.2, 0) is 9.47 Å². The first-order valence-electron chi connectivity index (χ1n) is 7.47. The van der Waals surface area contributed by atoms with Crippen molar-refractivity contribution < 1.29 is 14.3 Å². The number of anilines is 1. The van der Waals surface area contributed by atoms with Crippen molar-refractivity contribution in [1.29, 1.82) is 0 Å². The van der Waals surface area contributed by atoms with E-state index in [1.807, 2.05) is 0 Å². The fraction of sp³-hybridized carbons (Fsp3) is 0.714. The Bertz CT molecular complexity index is 525. The quantitative estimate of drug-likeness (QED) is 0.775. The highest BCUT2D eigenvalue weighted by Crippen LogP contribution is 2.30. The maximum Gasteiger partial charge on any atom is 0.351 e. The second-order valence-corrected chi connectivity index (χ2v) is 6.96. The van der Waals surface area contributed by atoms with Gasteiger partial charge in [0.15, 0.2) is 15.2 Å². The lowest BCUT2D eigenvalue weighted by Gasteiger charge is -2.35. The summed E-state index contributed by atoms with van der Waals surface area (Å²) < 4.78 is 10.2. The van der Waals surface area contributed by atoms with Gasteiger partial charge in [0.2, 0.25) is 0 Å². The number of aromatic nitrogens is 1. The van der Waals surface area contributed by atoms with Gasteiger partial charge in [-0.2, -0.15) is 0 Å². The van der Waals surface area contributed by atoms with E-state index in [4.69, 9.17) is 21.1 Å². The van der Waals surface area contributed by atoms with Gasteiger partial charge in [-0.1, -0.05) is 22.9 Å². The molecule has 22 heavy (non-hydrogen) atoms. The van der Waals surface area contributed by atoms with Crippen LogP contribution in [0.3, 0.4) is 0 Å². The summed E-state index contributed by atoms with van der Waals surface area (Å²) in [6.07, 6.45) is 1.17. The van der Waals surface area contributed by atoms with Gasteiger partial charge >= 0.3 is 5.97 Å². The molecule has 0 radical (unpaired) electrons. The number of rotatable bonds is 4. The monoisotopic (exact) mass is 345 g/mol. The summed E-state index contributed by atoms with van der Waals surface area (Å²) in [6.45, 7) is 6.71. The second-order valence-electron chi connectivity index (χ2n) is 5.63. The highest BCUT2D eigenvalue weighted by molar-refractivity contribution is 7.18. The number of carbonyl (C=O) groups is 1. The van der Waals surface area contributed by atoms with Crippen molar-refractivity contribution in [3.63, 3.8) is 0 Å². The number of methoxy groups -OCH3 is 1. The Morgan fingerprint density at radius 1 is 1.45 bits per heavy atom. The number of carbonyl (C=O) groups excluding carboxylic acids is 1. The van der Waals surface area contributed by atoms with Crippen molar-refractivity contribution in [1.82, 2.24) is 9.88 Å². The van der Waals surface area contributed by atoms with Crippen LogP contribution in [0.5, 0.6) is 0 Å². The van der Waals surface area contributed by atoms with Crippen molar-refractivity contribution in [2.75, 3.05) is 57.9 Å². The molecule has 1 unspecified atom stereocenters. The van der Waals surface area contributed by atoms with E-state index in [0.717, 1.165) is 51.1 Å². The van der Waals surface area contributed by atoms with Crippen molar-refractivity contribution in [3.8, 4) is 0 Å². The molecule has 0 aromatic carbocycles. The number of thiazole rings is 1. The van der Waals surface area contributed by atoms with Crippen LogP contribution in [0.15, 0.2) is 0 Å². The first-order valence-corrected chi connectivity index (χ1v) is 8.66. The molecule has 122 valence electrons. The largest absolute Gasteiger partial charge is 0.465 e. The minimum atomic E-state index is -0.423. The number of piperazine rings is 1. The van der Waals surface area contributed by atoms with E-state index in [9.17, 15) is 4.79 Å². The van der Waals surface area contributed by atoms with Gasteiger partial charge in [0, 0.05) is 39.3 Å². The van der Waals surface area contributed by atoms with E-state index in [-0.39, 0.29) is 5.15 Å². The lowest BCUT2D eigenvalue weighted by atomic mass is 10.1. The summed E-state index contributed by atoms with van der Waals surface area (Å²) in [6, 6.07) is 0. The molecule has 8 heteroatoms. The number of hydrogen-bond donors (Lipinski definition) is 0. The van der Waals surface area contributed by atoms with E-state index in [2.05, 4.69) is 14.8 Å². The fourth-order valence-corrected chi connectivity index (χ4v) is 4.11. The lowest BCUT2D eigenvalue weighted by molar-refractivity contribution is 0.0606. The normalized spacial score (nSPS) is 23.0. The summed E-state index contributed by atoms with van der Waals surface area (Å²) in [5.41, 5.74) is 0. The first-order chi connectivity index (χ1) is 10.7. The van der Waals surface area contributed by atoms with Gasteiger partial charge in [-0.3, -0.25) is 4.90 Å². The van der Waals surface area contributed by atoms with Gasteiger partial charge in [0.1, 0.15) is 0 Å². The lowest BCUT2D eigenvalue weighted by Crippen LogP contribution is -2.47. The minimum absolute atomic E-state index is 0.234. The van der Waals surface area contributed by atoms with Crippen LogP contribution in [0.1, 0.15) is 16.1 Å². The molecule has 3 heterocycles. The fourth-order valence-electron chi connectivity index (χ4n) is 2.86. The number of hydrogen-bond acceptors (Lipinski definition) is 7. The Morgan fingerprint density at radius 3 is 2.86 bits per heavy atom. The average Bonchev–Trinajstić information content (AvgIpc) is 3.17. The van der Waals surface area contributed by atoms with E-state index < -0.39 is 5.97 Å². The Kier molecular flexibility index (Phi) is 5.18. The summed E-state index contributed by atoms with van der Waals surface area (Å²) in [4.78, 5) is 20.9. The summed E-state index contributed by atoms with van der Waals surface area (Å²) >= 11 is 7.33. The van der Waals surface area contributed by atoms with Crippen LogP contribution in [-0.4, -0.2) is 68.9 Å². The van der Waals surface area contributed by atoms with Crippen LogP contribution >= 0.6 is 22.9 Å². The summed E-state index contributed by atoms with van der Waals surface area (Å²) in [7, 11) is 1.35. The summed E-state index contributed by atoms with van der Waals surface area (Å²) in [5, 5.41) is 1.03. The van der Waals surface area contributed by atoms with Gasteiger partial charge in [-0.25, -0.2) is 9.78 Å². The maximum absolute atomic E-state index is 11.6. The standard InChI is InChI=1S/C14H20ClN3O3S/c1-20-13(19)11-12(15)16-14(22-11)18-5-3-17(4-6-18)8-10-2-7-21-9-10/h10H,2-9H2,1H3. The molecule has 0 N–H and O–H groups in total. The number of halogens is 1. The molecule has 0 bridgehead atoms. The zero-order valence-corrected chi connectivity index (χ0v) is 14.2. The van der Waals surface area contributed by atoms with E-state index >= 15 is 0 Å². The van der Waals surface area contributed by atoms with E-state index in [1.54, 1.807) is 0 Å². The zero-order valence-electron chi connectivity index (χ0n) is 12.6. The maximum atomic E-state index is 11.6. The Hall–Kier alpha value is -0.890. The highest BCUT2D eigenvalue weighted by atomic mass is 35.5. The predicted octanol–water partition coefficient (Wildman–Crippen LogP) is 1.74.